The van der Waals surface area contributed by atoms with Gasteiger partial charge in [0.05, 0.1) is 38.0 Å². The molecule has 2 fully saturated rings. The molecule has 9 nitrogen and oxygen atoms in total. The minimum Gasteiger partial charge on any atom is -0.447 e. The zero-order chi connectivity index (χ0) is 28.4. The lowest BCUT2D eigenvalue weighted by Gasteiger charge is -2.28. The molecule has 2 heterocycles. The Labute approximate surface area is 240 Å². The average Bonchev–Trinajstić information content (AvgIpc) is 3.67. The zero-order valence-corrected chi connectivity index (χ0v) is 25.0. The fourth-order valence-electron chi connectivity index (χ4n) is 4.97. The Morgan fingerprint density at radius 3 is 2.40 bits per heavy atom. The number of nitrogens with zero attached hydrogens (tertiary/aromatic N) is 3. The van der Waals surface area contributed by atoms with E-state index in [1.54, 1.807) is 29.8 Å². The van der Waals surface area contributed by atoms with Gasteiger partial charge in [-0.3, -0.25) is 0 Å². The predicted molar refractivity (Wildman–Crippen MR) is 159 cm³/mol. The van der Waals surface area contributed by atoms with E-state index in [2.05, 4.69) is 15.6 Å². The van der Waals surface area contributed by atoms with Gasteiger partial charge in [0.1, 0.15) is 5.82 Å². The van der Waals surface area contributed by atoms with E-state index < -0.39 is 9.84 Å². The van der Waals surface area contributed by atoms with E-state index in [-0.39, 0.29) is 23.5 Å². The van der Waals surface area contributed by atoms with Gasteiger partial charge in [-0.05, 0) is 76.6 Å². The van der Waals surface area contributed by atoms with Gasteiger partial charge in [-0.25, -0.2) is 23.2 Å². The molecule has 0 bridgehead atoms. The highest BCUT2D eigenvalue weighted by Gasteiger charge is 2.39. The molecule has 2 aliphatic carbocycles. The highest BCUT2D eigenvalue weighted by Crippen LogP contribution is 2.43. The smallest absolute Gasteiger partial charge is 0.407 e. The molecule has 0 aliphatic heterocycles. The number of rotatable bonds is 9. The van der Waals surface area contributed by atoms with Crippen LogP contribution in [0.5, 0.6) is 0 Å². The number of alkyl carbamates (subject to hydrolysis) is 1. The summed E-state index contributed by atoms with van der Waals surface area (Å²) in [4.78, 5) is 24.3. The first-order chi connectivity index (χ1) is 19.1. The molecule has 0 atom stereocenters. The van der Waals surface area contributed by atoms with E-state index in [0.717, 1.165) is 41.3 Å². The second-order valence-electron chi connectivity index (χ2n) is 11.1. The van der Waals surface area contributed by atoms with Crippen molar-refractivity contribution < 1.29 is 17.9 Å². The van der Waals surface area contributed by atoms with E-state index in [0.29, 0.717) is 40.7 Å². The van der Waals surface area contributed by atoms with Crippen LogP contribution in [-0.2, 0) is 14.6 Å². The van der Waals surface area contributed by atoms with Gasteiger partial charge in [0, 0.05) is 43.5 Å². The van der Waals surface area contributed by atoms with Crippen LogP contribution in [0.25, 0.3) is 10.4 Å². The van der Waals surface area contributed by atoms with Crippen molar-refractivity contribution in [1.29, 1.82) is 0 Å². The Morgan fingerprint density at radius 1 is 1.02 bits per heavy atom. The number of pyridine rings is 1. The summed E-state index contributed by atoms with van der Waals surface area (Å²) < 4.78 is 32.2. The van der Waals surface area contributed by atoms with Crippen LogP contribution in [0.4, 0.5) is 22.0 Å². The number of nitrogens with one attached hydrogen (secondary N) is 2. The summed E-state index contributed by atoms with van der Waals surface area (Å²) in [6.07, 6.45) is 8.01. The first-order valence-corrected chi connectivity index (χ1v) is 16.2. The Kier molecular flexibility index (Phi) is 8.32. The van der Waals surface area contributed by atoms with Crippen molar-refractivity contribution in [3.63, 3.8) is 0 Å². The molecular weight excluding hydrogens is 546 g/mol. The van der Waals surface area contributed by atoms with E-state index in [1.165, 1.54) is 0 Å². The number of aromatic nitrogens is 2. The van der Waals surface area contributed by atoms with Crippen LogP contribution >= 0.6 is 11.3 Å². The molecule has 2 N–H and O–H groups in total. The van der Waals surface area contributed by atoms with Crippen LogP contribution in [0.3, 0.4) is 0 Å². The SMILES string of the molecule is CC(C)OC(=O)NC1CCC(c2ncc(-c3ccc(Nc4ccc(N(C)C)cn4)cc3S(=O)(=O)C3CC3)s2)CC1. The largest absolute Gasteiger partial charge is 0.447 e. The van der Waals surface area contributed by atoms with Crippen LogP contribution in [-0.4, -0.2) is 56.0 Å². The third kappa shape index (κ3) is 6.58. The third-order valence-corrected chi connectivity index (χ3v) is 10.8. The number of hydrogen-bond donors (Lipinski definition) is 2. The molecule has 214 valence electrons. The number of hydrogen-bond acceptors (Lipinski definition) is 9. The maximum absolute atomic E-state index is 13.5. The minimum absolute atomic E-state index is 0.103. The van der Waals surface area contributed by atoms with Gasteiger partial charge in [-0.15, -0.1) is 11.3 Å². The molecule has 2 aliphatic rings. The first kappa shape index (κ1) is 28.4. The monoisotopic (exact) mass is 583 g/mol. The number of thiazole rings is 1. The zero-order valence-electron chi connectivity index (χ0n) is 23.4. The molecule has 11 heteroatoms. The van der Waals surface area contributed by atoms with E-state index in [9.17, 15) is 13.2 Å². The number of sulfone groups is 1. The molecule has 2 saturated carbocycles. The lowest BCUT2D eigenvalue weighted by molar-refractivity contribution is 0.109. The Morgan fingerprint density at radius 2 is 1.77 bits per heavy atom. The number of carbonyl (C=O) groups excluding carboxylic acids is 1. The van der Waals surface area contributed by atoms with Crippen LogP contribution in [0, 0.1) is 0 Å². The normalized spacial score (nSPS) is 19.3. The number of ether oxygens (including phenoxy) is 1. The Bertz CT molecular complexity index is 1440. The topological polar surface area (TPSA) is 114 Å². The minimum atomic E-state index is -3.46. The van der Waals surface area contributed by atoms with Crippen LogP contribution in [0.2, 0.25) is 0 Å². The van der Waals surface area contributed by atoms with Gasteiger partial charge in [-0.1, -0.05) is 6.07 Å². The molecule has 0 saturated heterocycles. The molecule has 0 radical (unpaired) electrons. The summed E-state index contributed by atoms with van der Waals surface area (Å²) in [5.41, 5.74) is 2.36. The number of amides is 1. The van der Waals surface area contributed by atoms with Crippen molar-refractivity contribution in [3.8, 4) is 10.4 Å². The highest BCUT2D eigenvalue weighted by molar-refractivity contribution is 7.92. The van der Waals surface area contributed by atoms with Gasteiger partial charge in [-0.2, -0.15) is 0 Å². The van der Waals surface area contributed by atoms with Crippen molar-refractivity contribution in [3.05, 3.63) is 47.7 Å². The summed E-state index contributed by atoms with van der Waals surface area (Å²) in [7, 11) is 0.451. The van der Waals surface area contributed by atoms with Gasteiger partial charge < -0.3 is 20.3 Å². The van der Waals surface area contributed by atoms with Crippen molar-refractivity contribution in [2.24, 2.45) is 0 Å². The van der Waals surface area contributed by atoms with Crippen LogP contribution in [0.1, 0.15) is 63.3 Å². The fraction of sp³-hybridized carbons (Fsp3) is 0.483. The Hall–Kier alpha value is -3.18. The van der Waals surface area contributed by atoms with Crippen LogP contribution in [0.15, 0.2) is 47.6 Å². The van der Waals surface area contributed by atoms with Crippen molar-refractivity contribution >= 4 is 44.5 Å². The lowest BCUT2D eigenvalue weighted by atomic mass is 9.86. The molecule has 5 rings (SSSR count). The number of benzene rings is 1. The molecular formula is C29H37N5O4S2. The molecule has 0 unspecified atom stereocenters. The molecule has 0 spiro atoms. The maximum Gasteiger partial charge on any atom is 0.407 e. The number of carbonyl (C=O) groups is 1. The van der Waals surface area contributed by atoms with E-state index in [1.807, 2.05) is 57.1 Å². The standard InChI is InChI=1S/C29H37N5O4S2/c1-18(2)38-29(35)33-20-7-5-19(6-8-20)28-31-17-25(39-28)24-13-9-21(15-26(24)40(36,37)23-11-12-23)32-27-14-10-22(16-30-27)34(3)4/h9-10,13-20,23H,5-8,11-12H2,1-4H3,(H,30,32)(H,33,35). The van der Waals surface area contributed by atoms with Crippen molar-refractivity contribution in [2.75, 3.05) is 24.3 Å². The molecule has 2 aromatic heterocycles. The van der Waals surface area contributed by atoms with Gasteiger partial charge in [0.2, 0.25) is 0 Å². The second kappa shape index (κ2) is 11.7. The highest BCUT2D eigenvalue weighted by atomic mass is 32.2. The maximum atomic E-state index is 13.5. The van der Waals surface area contributed by atoms with Gasteiger partial charge in [0.25, 0.3) is 0 Å². The van der Waals surface area contributed by atoms with Gasteiger partial charge in [0.15, 0.2) is 9.84 Å². The van der Waals surface area contributed by atoms with E-state index >= 15 is 0 Å². The first-order valence-electron chi connectivity index (χ1n) is 13.8. The predicted octanol–water partition coefficient (Wildman–Crippen LogP) is 6.11. The summed E-state index contributed by atoms with van der Waals surface area (Å²) in [6.45, 7) is 3.67. The van der Waals surface area contributed by atoms with Crippen LogP contribution < -0.4 is 15.5 Å². The van der Waals surface area contributed by atoms with E-state index in [4.69, 9.17) is 9.72 Å². The number of anilines is 3. The molecule has 1 aromatic carbocycles. The third-order valence-electron chi connectivity index (χ3n) is 7.32. The van der Waals surface area contributed by atoms with Crippen molar-refractivity contribution in [2.45, 2.75) is 80.6 Å². The fourth-order valence-corrected chi connectivity index (χ4v) is 8.05. The average molecular weight is 584 g/mol. The Balaban J connectivity index is 1.33. The molecule has 40 heavy (non-hydrogen) atoms. The van der Waals surface area contributed by atoms with Crippen molar-refractivity contribution in [1.82, 2.24) is 15.3 Å². The summed E-state index contributed by atoms with van der Waals surface area (Å²) in [6, 6.07) is 9.46. The molecule has 3 aromatic rings. The molecule has 1 amide bonds. The summed E-state index contributed by atoms with van der Waals surface area (Å²) in [5.74, 6) is 0.939. The summed E-state index contributed by atoms with van der Waals surface area (Å²) in [5, 5.41) is 6.92. The lowest BCUT2D eigenvalue weighted by Crippen LogP contribution is -2.38. The summed E-state index contributed by atoms with van der Waals surface area (Å²) >= 11 is 1.57. The van der Waals surface area contributed by atoms with Gasteiger partial charge >= 0.3 is 6.09 Å². The quantitative estimate of drug-likeness (QED) is 0.310. The second-order valence-corrected chi connectivity index (χ2v) is 14.3.